The molecule has 0 heterocycles. The Hall–Kier alpha value is -7.92. The number of thioether (sulfide) groups is 1. The first-order chi connectivity index (χ1) is 43.2. The number of nitrogens with two attached hydrogens (primary N) is 3. The maximum Gasteiger partial charge on any atom is 0.326 e. The number of benzene rings is 2. The number of phenolic OH excluding ortho intramolecular Hbond substituents is 2. The zero-order chi connectivity index (χ0) is 68.2. The van der Waals surface area contributed by atoms with Crippen molar-refractivity contribution in [2.24, 2.45) is 23.1 Å². The van der Waals surface area contributed by atoms with E-state index in [4.69, 9.17) is 17.2 Å². The van der Waals surface area contributed by atoms with Crippen molar-refractivity contribution in [1.82, 2.24) is 58.5 Å². The Morgan fingerprint density at radius 3 is 1.32 bits per heavy atom. The van der Waals surface area contributed by atoms with Gasteiger partial charge in [0.15, 0.2) is 0 Å². The number of aliphatic carboxylic acids is 2. The largest absolute Gasteiger partial charge is 0.508 e. The summed E-state index contributed by atoms with van der Waals surface area (Å²) in [7, 11) is 0. The number of amides is 11. The van der Waals surface area contributed by atoms with Crippen LogP contribution in [0.25, 0.3) is 0 Å². The Labute approximate surface area is 542 Å². The lowest BCUT2D eigenvalue weighted by molar-refractivity contribution is -0.142. The summed E-state index contributed by atoms with van der Waals surface area (Å²) in [5.41, 5.74) is 17.8. The second-order valence-electron chi connectivity index (χ2n) is 21.3. The molecule has 0 bridgehead atoms. The fourth-order valence-corrected chi connectivity index (χ4v) is 9.40. The van der Waals surface area contributed by atoms with Crippen molar-refractivity contribution in [1.29, 1.82) is 0 Å². The normalized spacial score (nSPS) is 13.9. The van der Waals surface area contributed by atoms with Crippen molar-refractivity contribution >= 4 is 114 Å². The molecule has 11 amide bonds. The Balaban J connectivity index is 2.28. The van der Waals surface area contributed by atoms with Crippen LogP contribution in [-0.4, -0.2) is 208 Å². The van der Waals surface area contributed by atoms with Crippen molar-refractivity contribution in [3.63, 3.8) is 0 Å². The smallest absolute Gasteiger partial charge is 0.326 e. The number of rotatable bonds is 44. The standard InChI is InChI=1S/C57H88N14O17S3/c1-31(2)48(56(86)68-41(57(87)88)25-33-12-16-35(73)17-13-33)71-52(82)38(18-19-47(77)78)65-54(84)42(29-89)70-51(81)39(20-23-91-3)66-53(83)40(24-32-10-14-34(72)15-11-32)67-55(85)43(30-90)69-50(80)37(9-5-7-22-59)64-46(76)28-62-44(74)26-61-45(75)27-63-49(79)36(60)8-4-6-21-58/h10-17,31,36-43,48,72-73,89-90H,4-9,18-30,58-60H2,1-3H3,(H,61,75)(H,62,74)(H,63,79)(H,64,76)(H,65,84)(H,66,83)(H,67,85)(H,68,86)(H,69,80)(H,70,81)(H,71,82)(H,77,78)(H,87,88)/t36-,37-,38+,39-,40-,41-,42-,43-,48-/m0/s1. The van der Waals surface area contributed by atoms with Gasteiger partial charge in [0.25, 0.3) is 0 Å². The Morgan fingerprint density at radius 1 is 0.462 bits per heavy atom. The molecule has 34 heteroatoms. The van der Waals surface area contributed by atoms with Gasteiger partial charge in [-0.1, -0.05) is 44.5 Å². The number of thiol groups is 2. The fourth-order valence-electron chi connectivity index (χ4n) is 8.41. The van der Waals surface area contributed by atoms with Gasteiger partial charge in [-0.2, -0.15) is 37.0 Å². The van der Waals surface area contributed by atoms with Gasteiger partial charge in [-0.05, 0) is 111 Å². The second kappa shape index (κ2) is 43.0. The number of hydrogen-bond acceptors (Lipinski definition) is 21. The Morgan fingerprint density at radius 2 is 0.857 bits per heavy atom. The predicted molar refractivity (Wildman–Crippen MR) is 342 cm³/mol. The number of nitrogens with one attached hydrogen (secondary N) is 11. The SMILES string of the molecule is CSCC[C@H](NC(=O)[C@H](Cc1ccc(O)cc1)NC(=O)[C@H](CS)NC(=O)[C@H](CCCCN)NC(=O)CNC(=O)CNC(=O)CNC(=O)[C@@H](N)CCCCN)C(=O)N[C@@H](CS)C(=O)N[C@H](CCC(=O)O)C(=O)N[C@H](C(=O)N[C@@H](Cc1ccc(O)cc1)C(=O)O)C(C)C. The average Bonchev–Trinajstić information content (AvgIpc) is 1.63. The summed E-state index contributed by atoms with van der Waals surface area (Å²) in [4.78, 5) is 172. The van der Waals surface area contributed by atoms with Gasteiger partial charge < -0.3 is 96.1 Å². The highest BCUT2D eigenvalue weighted by molar-refractivity contribution is 7.98. The lowest BCUT2D eigenvalue weighted by Gasteiger charge is -2.28. The number of carboxylic acid groups (broad SMARTS) is 2. The summed E-state index contributed by atoms with van der Waals surface area (Å²) in [5, 5.41) is 66.1. The molecule has 0 fully saturated rings. The van der Waals surface area contributed by atoms with E-state index in [9.17, 15) is 82.8 Å². The van der Waals surface area contributed by atoms with Crippen LogP contribution in [0.2, 0.25) is 0 Å². The topological polar surface area (TPSA) is 513 Å². The van der Waals surface area contributed by atoms with Crippen molar-refractivity contribution in [3.8, 4) is 11.5 Å². The third kappa shape index (κ3) is 31.1. The molecule has 0 radical (unpaired) electrons. The highest BCUT2D eigenvalue weighted by Crippen LogP contribution is 2.15. The molecule has 0 unspecified atom stereocenters. The van der Waals surface area contributed by atoms with Crippen molar-refractivity contribution in [2.75, 3.05) is 56.2 Å². The summed E-state index contributed by atoms with van der Waals surface area (Å²) >= 11 is 9.80. The van der Waals surface area contributed by atoms with E-state index in [-0.39, 0.29) is 55.2 Å². The van der Waals surface area contributed by atoms with E-state index in [0.717, 1.165) is 0 Å². The molecule has 0 saturated heterocycles. The van der Waals surface area contributed by atoms with Crippen LogP contribution in [0.3, 0.4) is 0 Å². The van der Waals surface area contributed by atoms with Gasteiger partial charge in [0.2, 0.25) is 65.0 Å². The molecule has 31 nitrogen and oxygen atoms in total. The van der Waals surface area contributed by atoms with Crippen molar-refractivity contribution < 1.29 is 82.8 Å². The van der Waals surface area contributed by atoms with Crippen LogP contribution >= 0.6 is 37.0 Å². The first-order valence-corrected chi connectivity index (χ1v) is 31.9. The van der Waals surface area contributed by atoms with Crippen LogP contribution in [0, 0.1) is 5.92 Å². The van der Waals surface area contributed by atoms with Gasteiger partial charge in [0.05, 0.1) is 25.7 Å². The molecule has 2 rings (SSSR count). The van der Waals surface area contributed by atoms with Crippen LogP contribution in [0.4, 0.5) is 0 Å². The maximum absolute atomic E-state index is 14.4. The molecular weight excluding hydrogens is 1250 g/mol. The van der Waals surface area contributed by atoms with E-state index in [1.54, 1.807) is 20.1 Å². The summed E-state index contributed by atoms with van der Waals surface area (Å²) < 4.78 is 0. The van der Waals surface area contributed by atoms with Gasteiger partial charge in [-0.15, -0.1) is 0 Å². The van der Waals surface area contributed by atoms with Crippen LogP contribution in [0.15, 0.2) is 48.5 Å². The minimum absolute atomic E-state index is 0.0196. The van der Waals surface area contributed by atoms with Crippen molar-refractivity contribution in [2.45, 2.75) is 139 Å². The minimum atomic E-state index is -1.64. The summed E-state index contributed by atoms with van der Waals surface area (Å²) in [5.74, 6) is -13.7. The molecule has 0 aliphatic heterocycles. The van der Waals surface area contributed by atoms with E-state index < -0.39 is 175 Å². The first-order valence-electron chi connectivity index (χ1n) is 29.3. The van der Waals surface area contributed by atoms with Gasteiger partial charge in [-0.25, -0.2) is 4.79 Å². The zero-order valence-corrected chi connectivity index (χ0v) is 53.6. The lowest BCUT2D eigenvalue weighted by atomic mass is 10.00. The van der Waals surface area contributed by atoms with Gasteiger partial charge in [0.1, 0.15) is 59.8 Å². The maximum atomic E-state index is 14.4. The molecule has 0 aromatic heterocycles. The number of carboxylic acids is 2. The quantitative estimate of drug-likeness (QED) is 0.0222. The summed E-state index contributed by atoms with van der Waals surface area (Å²) in [6.07, 6.45) is 2.47. The molecule has 0 saturated carbocycles. The Bertz CT molecular complexity index is 2750. The Kier molecular flexibility index (Phi) is 37.4. The van der Waals surface area contributed by atoms with E-state index >= 15 is 0 Å². The molecule has 9 atom stereocenters. The summed E-state index contributed by atoms with van der Waals surface area (Å²) in [6.45, 7) is 2.08. The van der Waals surface area contributed by atoms with Crippen LogP contribution in [0.5, 0.6) is 11.5 Å². The van der Waals surface area contributed by atoms with Gasteiger partial charge in [-0.3, -0.25) is 57.5 Å². The monoisotopic (exact) mass is 1340 g/mol. The molecular formula is C57H88N14O17S3. The third-order valence-electron chi connectivity index (χ3n) is 13.6. The number of unbranched alkanes of at least 4 members (excludes halogenated alkanes) is 2. The molecule has 0 spiro atoms. The highest BCUT2D eigenvalue weighted by atomic mass is 32.2. The van der Waals surface area contributed by atoms with Gasteiger partial charge in [0, 0.05) is 30.8 Å². The molecule has 91 heavy (non-hydrogen) atoms. The summed E-state index contributed by atoms with van der Waals surface area (Å²) in [6, 6.07) is -1.45. The van der Waals surface area contributed by atoms with E-state index in [1.165, 1.54) is 60.3 Å². The van der Waals surface area contributed by atoms with Crippen LogP contribution < -0.4 is 75.7 Å². The second-order valence-corrected chi connectivity index (χ2v) is 23.0. The predicted octanol–water partition coefficient (Wildman–Crippen LogP) is -4.09. The van der Waals surface area contributed by atoms with E-state index in [0.29, 0.717) is 49.8 Å². The van der Waals surface area contributed by atoms with E-state index in [2.05, 4.69) is 83.7 Å². The van der Waals surface area contributed by atoms with Crippen LogP contribution in [0.1, 0.15) is 82.8 Å². The average molecular weight is 1340 g/mol. The number of phenols is 2. The fraction of sp³-hybridized carbons (Fsp3) is 0.561. The zero-order valence-electron chi connectivity index (χ0n) is 51.0. The van der Waals surface area contributed by atoms with Crippen LogP contribution in [-0.2, 0) is 75.2 Å². The first kappa shape index (κ1) is 79.2. The number of hydrogen-bond donors (Lipinski definition) is 20. The number of carbonyl (C=O) groups is 13. The highest BCUT2D eigenvalue weighted by Gasteiger charge is 2.36. The molecule has 2 aromatic rings. The minimum Gasteiger partial charge on any atom is -0.508 e. The molecule has 0 aliphatic rings. The van der Waals surface area contributed by atoms with Crippen molar-refractivity contribution in [3.05, 3.63) is 59.7 Å². The molecule has 21 N–H and O–H groups in total. The third-order valence-corrected chi connectivity index (χ3v) is 15.0. The van der Waals surface area contributed by atoms with Gasteiger partial charge >= 0.3 is 11.9 Å². The number of carbonyl (C=O) groups excluding carboxylic acids is 11. The number of aromatic hydroxyl groups is 2. The molecule has 0 aliphatic carbocycles. The van der Waals surface area contributed by atoms with E-state index in [1.807, 2.05) is 0 Å². The lowest BCUT2D eigenvalue weighted by Crippen LogP contribution is -2.61. The molecule has 506 valence electrons. The molecule has 2 aromatic carbocycles.